The predicted molar refractivity (Wildman–Crippen MR) is 113 cm³/mol. The number of aromatic hydroxyl groups is 1. The van der Waals surface area contributed by atoms with E-state index in [2.05, 4.69) is 4.98 Å². The first-order valence-corrected chi connectivity index (χ1v) is 10.4. The van der Waals surface area contributed by atoms with Gasteiger partial charge in [-0.1, -0.05) is 54.1 Å². The number of hydrogen-bond acceptors (Lipinski definition) is 6. The third kappa shape index (κ3) is 5.52. The van der Waals surface area contributed by atoms with Gasteiger partial charge in [0.05, 0.1) is 4.88 Å². The Labute approximate surface area is 177 Å². The molecule has 0 amide bonds. The number of rotatable bonds is 7. The third-order valence-corrected chi connectivity index (χ3v) is 6.09. The highest BCUT2D eigenvalue weighted by molar-refractivity contribution is 7.09. The maximum atomic E-state index is 11.6. The highest BCUT2D eigenvalue weighted by Gasteiger charge is 2.31. The van der Waals surface area contributed by atoms with Crippen LogP contribution in [0.2, 0.25) is 0 Å². The standard InChI is InChI=1S/C21H22ClNO5S/c1-12-16(4-3-5-17(12)22)18(28-13(2)24)11-27-15-8-6-14(7-9-15)10-19-20(25)23-21(26)29-19/h3-9,12,16,18,25H,10-11H2,1-2H3,(H,23,26). The molecule has 0 bridgehead atoms. The average molecular weight is 436 g/mol. The van der Waals surface area contributed by atoms with E-state index in [4.69, 9.17) is 21.1 Å². The van der Waals surface area contributed by atoms with Crippen LogP contribution in [0.1, 0.15) is 24.3 Å². The first-order valence-electron chi connectivity index (χ1n) is 9.17. The van der Waals surface area contributed by atoms with Crippen LogP contribution in [0.25, 0.3) is 0 Å². The molecule has 1 aliphatic carbocycles. The molecule has 0 spiro atoms. The SMILES string of the molecule is CC(=O)OC(COc1ccc(Cc2sc(=O)[nH]c2O)cc1)C1C=CC=C(Cl)C1C. The van der Waals surface area contributed by atoms with Gasteiger partial charge in [-0.3, -0.25) is 14.6 Å². The van der Waals surface area contributed by atoms with Crippen LogP contribution in [0, 0.1) is 11.8 Å². The van der Waals surface area contributed by atoms with Crippen molar-refractivity contribution in [3.63, 3.8) is 0 Å². The summed E-state index contributed by atoms with van der Waals surface area (Å²) in [6, 6.07) is 7.34. The number of benzene rings is 1. The molecule has 1 aromatic heterocycles. The van der Waals surface area contributed by atoms with Gasteiger partial charge in [0, 0.05) is 30.2 Å². The number of aromatic amines is 1. The molecule has 0 aliphatic heterocycles. The second kappa shape index (κ2) is 9.33. The number of thiazole rings is 1. The van der Waals surface area contributed by atoms with Crippen LogP contribution < -0.4 is 9.61 Å². The minimum absolute atomic E-state index is 0.0261. The van der Waals surface area contributed by atoms with Gasteiger partial charge in [-0.25, -0.2) is 0 Å². The smallest absolute Gasteiger partial charge is 0.307 e. The number of H-pyrrole nitrogens is 1. The number of aromatic nitrogens is 1. The fourth-order valence-corrected chi connectivity index (χ4v) is 4.18. The van der Waals surface area contributed by atoms with Crippen molar-refractivity contribution in [2.45, 2.75) is 26.4 Å². The van der Waals surface area contributed by atoms with E-state index in [9.17, 15) is 14.7 Å². The molecule has 1 aromatic carbocycles. The maximum Gasteiger partial charge on any atom is 0.307 e. The van der Waals surface area contributed by atoms with E-state index in [0.29, 0.717) is 22.1 Å². The fourth-order valence-electron chi connectivity index (χ4n) is 3.20. The summed E-state index contributed by atoms with van der Waals surface area (Å²) in [5, 5.41) is 10.4. The summed E-state index contributed by atoms with van der Waals surface area (Å²) in [5.41, 5.74) is 0.931. The molecular weight excluding hydrogens is 414 g/mol. The summed E-state index contributed by atoms with van der Waals surface area (Å²) >= 11 is 7.23. The van der Waals surface area contributed by atoms with Crippen LogP contribution in [-0.4, -0.2) is 28.8 Å². The van der Waals surface area contributed by atoms with Gasteiger partial charge < -0.3 is 14.6 Å². The molecule has 1 heterocycles. The number of esters is 1. The number of hydrogen-bond donors (Lipinski definition) is 2. The van der Waals surface area contributed by atoms with Crippen molar-refractivity contribution < 1.29 is 19.4 Å². The molecular formula is C21H22ClNO5S. The first-order chi connectivity index (χ1) is 13.8. The van der Waals surface area contributed by atoms with Crippen molar-refractivity contribution in [1.82, 2.24) is 4.98 Å². The van der Waals surface area contributed by atoms with Crippen molar-refractivity contribution in [3.05, 3.63) is 67.6 Å². The zero-order valence-electron chi connectivity index (χ0n) is 16.1. The Morgan fingerprint density at radius 3 is 2.69 bits per heavy atom. The monoisotopic (exact) mass is 435 g/mol. The van der Waals surface area contributed by atoms with Gasteiger partial charge in [0.15, 0.2) is 0 Å². The van der Waals surface area contributed by atoms with Crippen LogP contribution in [0.5, 0.6) is 11.6 Å². The summed E-state index contributed by atoms with van der Waals surface area (Å²) < 4.78 is 11.4. The number of nitrogens with one attached hydrogen (secondary N) is 1. The van der Waals surface area contributed by atoms with E-state index in [-0.39, 0.29) is 35.2 Å². The largest absolute Gasteiger partial charge is 0.494 e. The quantitative estimate of drug-likeness (QED) is 0.642. The minimum Gasteiger partial charge on any atom is -0.494 e. The summed E-state index contributed by atoms with van der Waals surface area (Å²) in [7, 11) is 0. The van der Waals surface area contributed by atoms with Crippen LogP contribution in [0.4, 0.5) is 0 Å². The van der Waals surface area contributed by atoms with Crippen LogP contribution >= 0.6 is 22.9 Å². The van der Waals surface area contributed by atoms with E-state index in [1.807, 2.05) is 37.3 Å². The summed E-state index contributed by atoms with van der Waals surface area (Å²) in [5.74, 6) is 0.122. The normalized spacial score (nSPS) is 19.5. The van der Waals surface area contributed by atoms with Gasteiger partial charge in [-0.05, 0) is 23.8 Å². The number of halogens is 1. The van der Waals surface area contributed by atoms with Crippen LogP contribution in [-0.2, 0) is 16.0 Å². The van der Waals surface area contributed by atoms with Gasteiger partial charge >= 0.3 is 10.8 Å². The van der Waals surface area contributed by atoms with Crippen molar-refractivity contribution in [2.24, 2.45) is 11.8 Å². The Bertz CT molecular complexity index is 976. The van der Waals surface area contributed by atoms with Gasteiger partial charge in [0.1, 0.15) is 18.5 Å². The molecule has 3 rings (SSSR count). The Kier molecular flexibility index (Phi) is 6.82. The molecule has 1 aliphatic rings. The number of ether oxygens (including phenoxy) is 2. The first kappa shape index (κ1) is 21.2. The Balaban J connectivity index is 1.64. The van der Waals surface area contributed by atoms with Crippen molar-refractivity contribution in [3.8, 4) is 11.6 Å². The lowest BCUT2D eigenvalue weighted by molar-refractivity contribution is -0.150. The number of carbonyl (C=O) groups excluding carboxylic acids is 1. The van der Waals surface area contributed by atoms with E-state index >= 15 is 0 Å². The lowest BCUT2D eigenvalue weighted by Crippen LogP contribution is -2.35. The molecule has 0 fully saturated rings. The molecule has 2 aromatic rings. The number of carbonyl (C=O) groups is 1. The molecule has 2 N–H and O–H groups in total. The fraction of sp³-hybridized carbons (Fsp3) is 0.333. The molecule has 3 unspecified atom stereocenters. The topological polar surface area (TPSA) is 88.6 Å². The molecule has 8 heteroatoms. The molecule has 29 heavy (non-hydrogen) atoms. The van der Waals surface area contributed by atoms with E-state index in [0.717, 1.165) is 16.9 Å². The van der Waals surface area contributed by atoms with Crippen LogP contribution in [0.15, 0.2) is 52.3 Å². The Morgan fingerprint density at radius 1 is 1.34 bits per heavy atom. The summed E-state index contributed by atoms with van der Waals surface area (Å²) in [4.78, 5) is 25.5. The number of allylic oxidation sites excluding steroid dienone is 3. The molecule has 0 radical (unpaired) electrons. The second-order valence-electron chi connectivity index (χ2n) is 6.87. The molecule has 6 nitrogen and oxygen atoms in total. The Morgan fingerprint density at radius 2 is 2.07 bits per heavy atom. The highest BCUT2D eigenvalue weighted by atomic mass is 35.5. The zero-order valence-corrected chi connectivity index (χ0v) is 17.6. The van der Waals surface area contributed by atoms with Gasteiger partial charge in [0.2, 0.25) is 5.88 Å². The van der Waals surface area contributed by atoms with Crippen molar-refractivity contribution >= 4 is 28.9 Å². The maximum absolute atomic E-state index is 11.6. The van der Waals surface area contributed by atoms with E-state index < -0.39 is 6.10 Å². The van der Waals surface area contributed by atoms with E-state index in [1.165, 1.54) is 6.92 Å². The average Bonchev–Trinajstić information content (AvgIpc) is 2.99. The lowest BCUT2D eigenvalue weighted by Gasteiger charge is -2.30. The molecule has 3 atom stereocenters. The Hall–Kier alpha value is -2.51. The molecule has 0 saturated carbocycles. The van der Waals surface area contributed by atoms with Crippen molar-refractivity contribution in [1.29, 1.82) is 0 Å². The zero-order chi connectivity index (χ0) is 21.0. The molecule has 0 saturated heterocycles. The second-order valence-corrected chi connectivity index (χ2v) is 8.37. The van der Waals surface area contributed by atoms with E-state index in [1.54, 1.807) is 12.1 Å². The van der Waals surface area contributed by atoms with Gasteiger partial charge in [-0.2, -0.15) is 0 Å². The van der Waals surface area contributed by atoms with Crippen LogP contribution in [0.3, 0.4) is 0 Å². The van der Waals surface area contributed by atoms with Gasteiger partial charge in [0.25, 0.3) is 0 Å². The summed E-state index contributed by atoms with van der Waals surface area (Å²) in [6.45, 7) is 3.56. The lowest BCUT2D eigenvalue weighted by atomic mass is 9.85. The predicted octanol–water partition coefficient (Wildman–Crippen LogP) is 3.99. The third-order valence-electron chi connectivity index (χ3n) is 4.75. The molecule has 154 valence electrons. The van der Waals surface area contributed by atoms with Gasteiger partial charge in [-0.15, -0.1) is 0 Å². The van der Waals surface area contributed by atoms with Crippen molar-refractivity contribution in [2.75, 3.05) is 6.61 Å². The summed E-state index contributed by atoms with van der Waals surface area (Å²) in [6.07, 6.45) is 5.66. The highest BCUT2D eigenvalue weighted by Crippen LogP contribution is 2.32. The minimum atomic E-state index is -0.463.